The van der Waals surface area contributed by atoms with Crippen molar-refractivity contribution in [2.75, 3.05) is 5.75 Å². The lowest BCUT2D eigenvalue weighted by Gasteiger charge is -2.30. The van der Waals surface area contributed by atoms with E-state index in [1.54, 1.807) is 4.88 Å². The van der Waals surface area contributed by atoms with Crippen molar-refractivity contribution in [3.63, 3.8) is 0 Å². The summed E-state index contributed by atoms with van der Waals surface area (Å²) in [7, 11) is 0. The monoisotopic (exact) mass is 309 g/mol. The Morgan fingerprint density at radius 2 is 2.10 bits per heavy atom. The van der Waals surface area contributed by atoms with Crippen LogP contribution < -0.4 is 5.32 Å². The fourth-order valence-electron chi connectivity index (χ4n) is 3.97. The zero-order chi connectivity index (χ0) is 13.8. The SMILES string of the molecule is CCSC1CCCC1NC(c1cccs1)C1CCCC1. The zero-order valence-electron chi connectivity index (χ0n) is 12.5. The molecule has 1 aromatic rings. The standard InChI is InChI=1S/C17H27NS2/c1-2-19-15-10-5-9-14(15)18-17(13-7-3-4-8-13)16-11-6-12-20-16/h6,11-15,17-18H,2-5,7-10H2,1H3. The van der Waals surface area contributed by atoms with E-state index in [-0.39, 0.29) is 0 Å². The molecule has 0 aromatic carbocycles. The highest BCUT2D eigenvalue weighted by Gasteiger charge is 2.33. The van der Waals surface area contributed by atoms with Crippen molar-refractivity contribution in [2.24, 2.45) is 5.92 Å². The highest BCUT2D eigenvalue weighted by Crippen LogP contribution is 2.40. The molecule has 0 spiro atoms. The van der Waals surface area contributed by atoms with E-state index in [1.807, 2.05) is 11.3 Å². The van der Waals surface area contributed by atoms with Crippen LogP contribution in [-0.2, 0) is 0 Å². The average Bonchev–Trinajstić information content (AvgIpc) is 3.20. The van der Waals surface area contributed by atoms with Gasteiger partial charge in [-0.3, -0.25) is 0 Å². The molecule has 3 heteroatoms. The molecule has 2 saturated carbocycles. The Morgan fingerprint density at radius 3 is 2.80 bits per heavy atom. The van der Waals surface area contributed by atoms with Crippen LogP contribution in [-0.4, -0.2) is 17.0 Å². The molecule has 3 rings (SSSR count). The molecule has 0 bridgehead atoms. The van der Waals surface area contributed by atoms with E-state index in [4.69, 9.17) is 0 Å². The van der Waals surface area contributed by atoms with Gasteiger partial charge in [0.05, 0.1) is 0 Å². The molecule has 1 heterocycles. The fourth-order valence-corrected chi connectivity index (χ4v) is 6.06. The second-order valence-corrected chi connectivity index (χ2v) is 8.73. The molecule has 2 aliphatic carbocycles. The first-order valence-corrected chi connectivity index (χ1v) is 10.2. The van der Waals surface area contributed by atoms with Crippen LogP contribution in [0, 0.1) is 5.92 Å². The van der Waals surface area contributed by atoms with Crippen molar-refractivity contribution in [1.82, 2.24) is 5.32 Å². The van der Waals surface area contributed by atoms with Crippen LogP contribution in [0.15, 0.2) is 17.5 Å². The predicted octanol–water partition coefficient (Wildman–Crippen LogP) is 5.24. The van der Waals surface area contributed by atoms with Gasteiger partial charge in [-0.1, -0.05) is 32.3 Å². The third kappa shape index (κ3) is 3.42. The molecule has 3 unspecified atom stereocenters. The lowest BCUT2D eigenvalue weighted by Crippen LogP contribution is -2.39. The second-order valence-electron chi connectivity index (χ2n) is 6.24. The van der Waals surface area contributed by atoms with E-state index in [1.165, 1.54) is 50.7 Å². The topological polar surface area (TPSA) is 12.0 Å². The summed E-state index contributed by atoms with van der Waals surface area (Å²) >= 11 is 4.12. The van der Waals surface area contributed by atoms with Crippen molar-refractivity contribution in [1.29, 1.82) is 0 Å². The quantitative estimate of drug-likeness (QED) is 0.771. The normalized spacial score (nSPS) is 29.1. The van der Waals surface area contributed by atoms with Gasteiger partial charge in [-0.2, -0.15) is 11.8 Å². The van der Waals surface area contributed by atoms with Gasteiger partial charge in [0.15, 0.2) is 0 Å². The van der Waals surface area contributed by atoms with Crippen LogP contribution in [0.25, 0.3) is 0 Å². The maximum Gasteiger partial charge on any atom is 0.0445 e. The highest BCUT2D eigenvalue weighted by atomic mass is 32.2. The summed E-state index contributed by atoms with van der Waals surface area (Å²) < 4.78 is 0. The summed E-state index contributed by atoms with van der Waals surface area (Å²) in [5.41, 5.74) is 0. The number of rotatable bonds is 6. The van der Waals surface area contributed by atoms with E-state index in [2.05, 4.69) is 41.5 Å². The van der Waals surface area contributed by atoms with Crippen LogP contribution in [0.1, 0.15) is 62.8 Å². The first-order chi connectivity index (χ1) is 9.88. The number of thioether (sulfide) groups is 1. The molecular weight excluding hydrogens is 282 g/mol. The smallest absolute Gasteiger partial charge is 0.0445 e. The van der Waals surface area contributed by atoms with Gasteiger partial charge in [0.2, 0.25) is 0 Å². The van der Waals surface area contributed by atoms with Gasteiger partial charge in [0, 0.05) is 22.2 Å². The summed E-state index contributed by atoms with van der Waals surface area (Å²) in [6, 6.07) is 5.93. The van der Waals surface area contributed by atoms with E-state index in [0.717, 1.165) is 17.2 Å². The van der Waals surface area contributed by atoms with E-state index in [9.17, 15) is 0 Å². The molecule has 0 amide bonds. The van der Waals surface area contributed by atoms with Crippen LogP contribution in [0.4, 0.5) is 0 Å². The van der Waals surface area contributed by atoms with Gasteiger partial charge in [-0.05, 0) is 48.8 Å². The first kappa shape index (κ1) is 14.9. The molecule has 0 saturated heterocycles. The van der Waals surface area contributed by atoms with Gasteiger partial charge in [0.25, 0.3) is 0 Å². The molecule has 0 radical (unpaired) electrons. The van der Waals surface area contributed by atoms with Gasteiger partial charge in [0.1, 0.15) is 0 Å². The predicted molar refractivity (Wildman–Crippen MR) is 91.7 cm³/mol. The molecule has 1 aromatic heterocycles. The first-order valence-electron chi connectivity index (χ1n) is 8.29. The summed E-state index contributed by atoms with van der Waals surface area (Å²) in [4.78, 5) is 1.57. The van der Waals surface area contributed by atoms with Gasteiger partial charge in [-0.25, -0.2) is 0 Å². The molecule has 1 N–H and O–H groups in total. The van der Waals surface area contributed by atoms with E-state index in [0.29, 0.717) is 6.04 Å². The van der Waals surface area contributed by atoms with E-state index < -0.39 is 0 Å². The number of hydrogen-bond donors (Lipinski definition) is 1. The van der Waals surface area contributed by atoms with Crippen LogP contribution in [0.2, 0.25) is 0 Å². The van der Waals surface area contributed by atoms with Crippen molar-refractivity contribution in [3.8, 4) is 0 Å². The molecule has 2 fully saturated rings. The minimum Gasteiger partial charge on any atom is -0.305 e. The Bertz CT molecular complexity index is 384. The lowest BCUT2D eigenvalue weighted by molar-refractivity contribution is 0.335. The van der Waals surface area contributed by atoms with Crippen molar-refractivity contribution >= 4 is 23.1 Å². The van der Waals surface area contributed by atoms with Gasteiger partial charge in [-0.15, -0.1) is 11.3 Å². The maximum atomic E-state index is 4.08. The van der Waals surface area contributed by atoms with Crippen molar-refractivity contribution in [3.05, 3.63) is 22.4 Å². The summed E-state index contributed by atoms with van der Waals surface area (Å²) in [5.74, 6) is 2.14. The van der Waals surface area contributed by atoms with Crippen molar-refractivity contribution in [2.45, 2.75) is 69.2 Å². The summed E-state index contributed by atoms with van der Waals surface area (Å²) in [6.07, 6.45) is 9.93. The Hall–Kier alpha value is 0.01000. The number of nitrogens with one attached hydrogen (secondary N) is 1. The molecule has 112 valence electrons. The number of hydrogen-bond acceptors (Lipinski definition) is 3. The van der Waals surface area contributed by atoms with Crippen LogP contribution in [0.3, 0.4) is 0 Å². The highest BCUT2D eigenvalue weighted by molar-refractivity contribution is 7.99. The van der Waals surface area contributed by atoms with E-state index >= 15 is 0 Å². The van der Waals surface area contributed by atoms with Crippen molar-refractivity contribution < 1.29 is 0 Å². The lowest BCUT2D eigenvalue weighted by atomic mass is 9.95. The largest absolute Gasteiger partial charge is 0.305 e. The minimum absolute atomic E-state index is 0.626. The third-order valence-electron chi connectivity index (χ3n) is 4.95. The molecular formula is C17H27NS2. The molecule has 0 aliphatic heterocycles. The summed E-state index contributed by atoms with van der Waals surface area (Å²) in [6.45, 7) is 2.30. The molecule has 20 heavy (non-hydrogen) atoms. The fraction of sp³-hybridized carbons (Fsp3) is 0.765. The molecule has 3 atom stereocenters. The van der Waals surface area contributed by atoms with Gasteiger partial charge >= 0.3 is 0 Å². The number of thiophene rings is 1. The van der Waals surface area contributed by atoms with Crippen LogP contribution in [0.5, 0.6) is 0 Å². The second kappa shape index (κ2) is 7.33. The Morgan fingerprint density at radius 1 is 1.25 bits per heavy atom. The summed E-state index contributed by atoms with van der Waals surface area (Å²) in [5, 5.41) is 7.18. The molecule has 2 aliphatic rings. The van der Waals surface area contributed by atoms with Crippen LogP contribution >= 0.6 is 23.1 Å². The Balaban J connectivity index is 1.69. The Kier molecular flexibility index (Phi) is 5.47. The molecule has 1 nitrogen and oxygen atoms in total. The zero-order valence-corrected chi connectivity index (χ0v) is 14.1. The Labute approximate surface area is 131 Å². The maximum absolute atomic E-state index is 4.08. The van der Waals surface area contributed by atoms with Gasteiger partial charge < -0.3 is 5.32 Å². The average molecular weight is 310 g/mol. The minimum atomic E-state index is 0.626. The third-order valence-corrected chi connectivity index (χ3v) is 7.23.